The quantitative estimate of drug-likeness (QED) is 0.426. The molecule has 3 heteroatoms. The molecular weight excluding hydrogens is 158 g/mol. The Balaban J connectivity index is 2.74. The van der Waals surface area contributed by atoms with Crippen LogP contribution in [0.15, 0.2) is 29.2 Å². The average molecular weight is 167 g/mol. The molecule has 0 saturated carbocycles. The van der Waals surface area contributed by atoms with Gasteiger partial charge in [0.15, 0.2) is 0 Å². The summed E-state index contributed by atoms with van der Waals surface area (Å²) in [6.07, 6.45) is 0. The van der Waals surface area contributed by atoms with E-state index < -0.39 is 0 Å². The van der Waals surface area contributed by atoms with Crippen LogP contribution in [0.5, 0.6) is 5.75 Å². The van der Waals surface area contributed by atoms with Gasteiger partial charge in [0.1, 0.15) is 5.75 Å². The summed E-state index contributed by atoms with van der Waals surface area (Å²) in [4.78, 5) is 1.06. The Bertz CT molecular complexity index is 232. The fourth-order valence-corrected chi connectivity index (χ4v) is 1.15. The highest BCUT2D eigenvalue weighted by Gasteiger charge is 1.91. The maximum Gasteiger partial charge on any atom is 0.118 e. The van der Waals surface area contributed by atoms with E-state index in [1.807, 2.05) is 24.3 Å². The van der Waals surface area contributed by atoms with Crippen molar-refractivity contribution < 1.29 is 4.74 Å². The summed E-state index contributed by atoms with van der Waals surface area (Å²) in [6.45, 7) is 0. The molecule has 0 unspecified atom stereocenters. The molecule has 1 rings (SSSR count). The number of rotatable bonds is 3. The van der Waals surface area contributed by atoms with Crippen LogP contribution in [0.4, 0.5) is 0 Å². The lowest BCUT2D eigenvalue weighted by Crippen LogP contribution is -1.80. The summed E-state index contributed by atoms with van der Waals surface area (Å²) in [5.74, 6) is 0.847. The van der Waals surface area contributed by atoms with E-state index in [0.29, 0.717) is 0 Å². The van der Waals surface area contributed by atoms with Gasteiger partial charge >= 0.3 is 0 Å². The highest BCUT2D eigenvalue weighted by atomic mass is 32.2. The molecule has 0 radical (unpaired) electrons. The molecule has 0 aliphatic rings. The van der Waals surface area contributed by atoms with Gasteiger partial charge in [-0.25, -0.2) is 0 Å². The Morgan fingerprint density at radius 1 is 1.36 bits per heavy atom. The molecule has 1 N–H and O–H groups in total. The largest absolute Gasteiger partial charge is 0.497 e. The molecule has 0 atom stereocenters. The Hall–Kier alpha value is -0.960. The first-order chi connectivity index (χ1) is 5.36. The molecular formula is C8H9NOS. The molecule has 0 heterocycles. The van der Waals surface area contributed by atoms with E-state index >= 15 is 0 Å². The zero-order valence-electron chi connectivity index (χ0n) is 6.20. The second-order valence-electron chi connectivity index (χ2n) is 1.91. The molecule has 0 spiro atoms. The van der Waals surface area contributed by atoms with Crippen molar-refractivity contribution in [1.82, 2.24) is 0 Å². The molecule has 1 aromatic carbocycles. The molecule has 1 aromatic rings. The van der Waals surface area contributed by atoms with Gasteiger partial charge in [-0.15, -0.1) is 0 Å². The third-order valence-electron chi connectivity index (χ3n) is 1.25. The molecule has 2 nitrogen and oxygen atoms in total. The number of thioether (sulfide) groups is 1. The molecule has 0 saturated heterocycles. The number of hydrogen-bond donors (Lipinski definition) is 1. The zero-order valence-corrected chi connectivity index (χ0v) is 7.02. The molecule has 0 bridgehead atoms. The Labute approximate surface area is 70.1 Å². The maximum absolute atomic E-state index is 6.85. The van der Waals surface area contributed by atoms with Crippen molar-refractivity contribution >= 4 is 17.3 Å². The van der Waals surface area contributed by atoms with Crippen molar-refractivity contribution in [2.75, 3.05) is 7.11 Å². The Morgan fingerprint density at radius 3 is 2.45 bits per heavy atom. The summed E-state index contributed by atoms with van der Waals surface area (Å²) < 4.78 is 4.98. The standard InChI is InChI=1S/C8H9NOS/c1-10-7-2-4-8(5-3-7)11-6-9/h2-6,9H,1H3. The van der Waals surface area contributed by atoms with Crippen molar-refractivity contribution in [3.63, 3.8) is 0 Å². The van der Waals surface area contributed by atoms with Crippen LogP contribution in [0.2, 0.25) is 0 Å². The van der Waals surface area contributed by atoms with Crippen molar-refractivity contribution in [3.8, 4) is 5.75 Å². The van der Waals surface area contributed by atoms with Crippen LogP contribution in [-0.2, 0) is 0 Å². The van der Waals surface area contributed by atoms with Crippen LogP contribution in [0.25, 0.3) is 0 Å². The lowest BCUT2D eigenvalue weighted by Gasteiger charge is -1.98. The highest BCUT2D eigenvalue weighted by molar-refractivity contribution is 8.12. The van der Waals surface area contributed by atoms with Crippen LogP contribution >= 0.6 is 11.8 Å². The monoisotopic (exact) mass is 167 g/mol. The molecule has 0 aromatic heterocycles. The summed E-state index contributed by atoms with van der Waals surface area (Å²) in [7, 11) is 1.64. The van der Waals surface area contributed by atoms with E-state index in [0.717, 1.165) is 10.6 Å². The van der Waals surface area contributed by atoms with E-state index in [9.17, 15) is 0 Å². The molecule has 58 valence electrons. The molecule has 0 aliphatic carbocycles. The summed E-state index contributed by atoms with van der Waals surface area (Å²) in [5.41, 5.74) is 1.31. The van der Waals surface area contributed by atoms with E-state index in [1.54, 1.807) is 7.11 Å². The second-order valence-corrected chi connectivity index (χ2v) is 2.85. The van der Waals surface area contributed by atoms with Gasteiger partial charge in [0.05, 0.1) is 12.7 Å². The zero-order chi connectivity index (χ0) is 8.10. The third-order valence-corrected chi connectivity index (χ3v) is 1.92. The number of ether oxygens (including phenoxy) is 1. The fourth-order valence-electron chi connectivity index (χ4n) is 0.722. The summed E-state index contributed by atoms with van der Waals surface area (Å²) >= 11 is 1.38. The normalized spacial score (nSPS) is 9.18. The lowest BCUT2D eigenvalue weighted by atomic mass is 10.3. The van der Waals surface area contributed by atoms with Crippen molar-refractivity contribution in [2.24, 2.45) is 0 Å². The van der Waals surface area contributed by atoms with Gasteiger partial charge in [0.25, 0.3) is 0 Å². The van der Waals surface area contributed by atoms with E-state index in [4.69, 9.17) is 10.1 Å². The van der Waals surface area contributed by atoms with Gasteiger partial charge in [-0.2, -0.15) is 0 Å². The lowest BCUT2D eigenvalue weighted by molar-refractivity contribution is 0.414. The minimum absolute atomic E-state index is 0.847. The fraction of sp³-hybridized carbons (Fsp3) is 0.125. The summed E-state index contributed by atoms with van der Waals surface area (Å²) in [6, 6.07) is 7.61. The highest BCUT2D eigenvalue weighted by Crippen LogP contribution is 2.18. The van der Waals surface area contributed by atoms with Gasteiger partial charge in [0, 0.05) is 4.90 Å². The third kappa shape index (κ3) is 2.27. The number of benzene rings is 1. The van der Waals surface area contributed by atoms with E-state index in [-0.39, 0.29) is 0 Å². The van der Waals surface area contributed by atoms with Gasteiger partial charge in [-0.3, -0.25) is 0 Å². The number of nitrogens with one attached hydrogen (secondary N) is 1. The topological polar surface area (TPSA) is 33.1 Å². The van der Waals surface area contributed by atoms with E-state index in [1.165, 1.54) is 17.3 Å². The van der Waals surface area contributed by atoms with Gasteiger partial charge < -0.3 is 10.1 Å². The molecule has 0 amide bonds. The molecule has 0 fully saturated rings. The summed E-state index contributed by atoms with van der Waals surface area (Å²) in [5, 5.41) is 6.85. The number of methoxy groups -OCH3 is 1. The Morgan fingerprint density at radius 2 is 2.00 bits per heavy atom. The van der Waals surface area contributed by atoms with Crippen LogP contribution in [-0.4, -0.2) is 12.7 Å². The molecule has 11 heavy (non-hydrogen) atoms. The van der Waals surface area contributed by atoms with Gasteiger partial charge in [0.2, 0.25) is 0 Å². The maximum atomic E-state index is 6.85. The van der Waals surface area contributed by atoms with Crippen LogP contribution < -0.4 is 4.74 Å². The van der Waals surface area contributed by atoms with Crippen LogP contribution in [0, 0.1) is 5.41 Å². The predicted octanol–water partition coefficient (Wildman–Crippen LogP) is 2.39. The van der Waals surface area contributed by atoms with Crippen LogP contribution in [0.1, 0.15) is 0 Å². The van der Waals surface area contributed by atoms with Crippen LogP contribution in [0.3, 0.4) is 0 Å². The minimum atomic E-state index is 0.847. The SMILES string of the molecule is COc1ccc(SC=N)cc1. The van der Waals surface area contributed by atoms with Crippen molar-refractivity contribution in [1.29, 1.82) is 5.41 Å². The van der Waals surface area contributed by atoms with E-state index in [2.05, 4.69) is 0 Å². The molecule has 0 aliphatic heterocycles. The van der Waals surface area contributed by atoms with Gasteiger partial charge in [-0.05, 0) is 24.3 Å². The Kier molecular flexibility index (Phi) is 2.98. The van der Waals surface area contributed by atoms with Crippen molar-refractivity contribution in [2.45, 2.75) is 4.90 Å². The van der Waals surface area contributed by atoms with Gasteiger partial charge in [-0.1, -0.05) is 11.8 Å². The average Bonchev–Trinajstić information content (AvgIpc) is 2.07. The number of hydrogen-bond acceptors (Lipinski definition) is 3. The first kappa shape index (κ1) is 8.14. The first-order valence-corrected chi connectivity index (χ1v) is 4.04. The minimum Gasteiger partial charge on any atom is -0.497 e. The second kappa shape index (κ2) is 4.03. The van der Waals surface area contributed by atoms with Crippen molar-refractivity contribution in [3.05, 3.63) is 24.3 Å². The predicted molar refractivity (Wildman–Crippen MR) is 47.6 cm³/mol. The first-order valence-electron chi connectivity index (χ1n) is 3.16. The smallest absolute Gasteiger partial charge is 0.118 e.